The van der Waals surface area contributed by atoms with Gasteiger partial charge in [-0.25, -0.2) is 0 Å². The molecule has 0 heterocycles. The molecule has 0 saturated heterocycles. The Morgan fingerprint density at radius 2 is 2.11 bits per heavy atom. The van der Waals surface area contributed by atoms with Gasteiger partial charge < -0.3 is 10.0 Å². The van der Waals surface area contributed by atoms with Crippen molar-refractivity contribution in [1.29, 1.82) is 0 Å². The molecule has 0 bridgehead atoms. The van der Waals surface area contributed by atoms with Crippen molar-refractivity contribution in [3.63, 3.8) is 0 Å². The molecule has 0 aliphatic heterocycles. The second kappa shape index (κ2) is 6.09. The van der Waals surface area contributed by atoms with E-state index in [2.05, 4.69) is 22.6 Å². The molecule has 1 aromatic carbocycles. The Bertz CT molecular complexity index is 517. The summed E-state index contributed by atoms with van der Waals surface area (Å²) in [5.41, 5.74) is 0.516. The summed E-state index contributed by atoms with van der Waals surface area (Å²) in [6.45, 7) is 0.252. The highest BCUT2D eigenvalue weighted by Crippen LogP contribution is 2.29. The number of hydrogen-bond donors (Lipinski definition) is 1. The van der Waals surface area contributed by atoms with Crippen LogP contribution in [-0.2, 0) is 4.79 Å². The Kier molecular flexibility index (Phi) is 4.67. The monoisotopic (exact) mass is 393 g/mol. The lowest BCUT2D eigenvalue weighted by molar-refractivity contribution is -0.137. The second-order valence-corrected chi connectivity index (χ2v) is 6.07. The maximum absolute atomic E-state index is 12.4. The highest BCUT2D eigenvalue weighted by atomic mass is 127. The number of nitrogens with zero attached hydrogens (tertiary/aromatic N) is 1. The standard InChI is InChI=1S/C13H13ClINO3/c14-10-7-8(1-4-11(10)15)13(19)16(9-2-3-9)6-5-12(17)18/h1,4,7,9H,2-3,5-6H2,(H,17,18). The van der Waals surface area contributed by atoms with Crippen LogP contribution in [0.25, 0.3) is 0 Å². The molecule has 2 rings (SSSR count). The van der Waals surface area contributed by atoms with Crippen LogP contribution < -0.4 is 0 Å². The van der Waals surface area contributed by atoms with Crippen LogP contribution in [0.15, 0.2) is 18.2 Å². The number of rotatable bonds is 5. The number of carbonyl (C=O) groups is 2. The summed E-state index contributed by atoms with van der Waals surface area (Å²) in [5, 5.41) is 9.28. The molecule has 0 spiro atoms. The Hall–Kier alpha value is -0.820. The van der Waals surface area contributed by atoms with Gasteiger partial charge in [-0.3, -0.25) is 9.59 Å². The van der Waals surface area contributed by atoms with Gasteiger partial charge in [0, 0.05) is 21.7 Å². The normalized spacial score (nSPS) is 14.2. The molecule has 1 saturated carbocycles. The zero-order chi connectivity index (χ0) is 14.0. The molecular weight excluding hydrogens is 381 g/mol. The van der Waals surface area contributed by atoms with E-state index in [1.54, 1.807) is 23.1 Å². The molecule has 0 atom stereocenters. The van der Waals surface area contributed by atoms with Gasteiger partial charge in [-0.05, 0) is 53.6 Å². The summed E-state index contributed by atoms with van der Waals surface area (Å²) in [4.78, 5) is 24.7. The zero-order valence-electron chi connectivity index (χ0n) is 10.1. The quantitative estimate of drug-likeness (QED) is 0.783. The highest BCUT2D eigenvalue weighted by Gasteiger charge is 2.33. The summed E-state index contributed by atoms with van der Waals surface area (Å²) >= 11 is 8.11. The lowest BCUT2D eigenvalue weighted by Crippen LogP contribution is -2.35. The van der Waals surface area contributed by atoms with E-state index in [4.69, 9.17) is 16.7 Å². The van der Waals surface area contributed by atoms with E-state index in [-0.39, 0.29) is 24.9 Å². The van der Waals surface area contributed by atoms with Crippen LogP contribution in [0, 0.1) is 3.57 Å². The van der Waals surface area contributed by atoms with E-state index in [0.29, 0.717) is 10.6 Å². The van der Waals surface area contributed by atoms with Crippen molar-refractivity contribution in [3.8, 4) is 0 Å². The summed E-state index contributed by atoms with van der Waals surface area (Å²) < 4.78 is 0.888. The number of amides is 1. The van der Waals surface area contributed by atoms with Crippen molar-refractivity contribution in [1.82, 2.24) is 4.90 Å². The maximum Gasteiger partial charge on any atom is 0.305 e. The summed E-state index contributed by atoms with van der Waals surface area (Å²) in [6, 6.07) is 5.34. The Morgan fingerprint density at radius 3 is 2.63 bits per heavy atom. The molecule has 1 aliphatic rings. The molecule has 1 amide bonds. The van der Waals surface area contributed by atoms with Gasteiger partial charge in [-0.1, -0.05) is 11.6 Å². The summed E-state index contributed by atoms with van der Waals surface area (Å²) in [6.07, 6.45) is 1.87. The molecule has 0 radical (unpaired) electrons. The lowest BCUT2D eigenvalue weighted by Gasteiger charge is -2.21. The number of aliphatic carboxylic acids is 1. The van der Waals surface area contributed by atoms with Crippen molar-refractivity contribution in [3.05, 3.63) is 32.4 Å². The van der Waals surface area contributed by atoms with Crippen LogP contribution in [0.5, 0.6) is 0 Å². The number of halogens is 2. The maximum atomic E-state index is 12.4. The number of hydrogen-bond acceptors (Lipinski definition) is 2. The van der Waals surface area contributed by atoms with Crippen molar-refractivity contribution in [2.24, 2.45) is 0 Å². The molecule has 0 aromatic heterocycles. The van der Waals surface area contributed by atoms with Crippen LogP contribution in [-0.4, -0.2) is 34.5 Å². The van der Waals surface area contributed by atoms with E-state index in [1.165, 1.54) is 0 Å². The minimum absolute atomic E-state index is 0.0274. The van der Waals surface area contributed by atoms with Gasteiger partial charge in [0.15, 0.2) is 0 Å². The topological polar surface area (TPSA) is 57.6 Å². The summed E-state index contributed by atoms with van der Waals surface area (Å²) in [5.74, 6) is -1.03. The van der Waals surface area contributed by atoms with E-state index in [0.717, 1.165) is 16.4 Å². The largest absolute Gasteiger partial charge is 0.481 e. The van der Waals surface area contributed by atoms with Crippen molar-refractivity contribution >= 4 is 46.1 Å². The molecule has 6 heteroatoms. The van der Waals surface area contributed by atoms with Crippen molar-refractivity contribution in [2.45, 2.75) is 25.3 Å². The molecule has 1 N–H and O–H groups in total. The fraction of sp³-hybridized carbons (Fsp3) is 0.385. The van der Waals surface area contributed by atoms with Crippen LogP contribution in [0.3, 0.4) is 0 Å². The van der Waals surface area contributed by atoms with Gasteiger partial charge in [-0.2, -0.15) is 0 Å². The van der Waals surface area contributed by atoms with Gasteiger partial charge in [0.2, 0.25) is 0 Å². The molecule has 19 heavy (non-hydrogen) atoms. The predicted molar refractivity (Wildman–Crippen MR) is 80.5 cm³/mol. The molecular formula is C13H13ClINO3. The number of benzene rings is 1. The first-order chi connectivity index (χ1) is 8.99. The first-order valence-electron chi connectivity index (χ1n) is 5.97. The predicted octanol–water partition coefficient (Wildman–Crippen LogP) is 3.02. The Labute approximate surface area is 129 Å². The third-order valence-electron chi connectivity index (χ3n) is 2.98. The molecule has 1 aliphatic carbocycles. The first kappa shape index (κ1) is 14.6. The first-order valence-corrected chi connectivity index (χ1v) is 7.42. The van der Waals surface area contributed by atoms with Gasteiger partial charge in [0.1, 0.15) is 0 Å². The fourth-order valence-electron chi connectivity index (χ4n) is 1.85. The van der Waals surface area contributed by atoms with Crippen LogP contribution in [0.2, 0.25) is 5.02 Å². The third-order valence-corrected chi connectivity index (χ3v) is 4.55. The second-order valence-electron chi connectivity index (χ2n) is 4.50. The number of carbonyl (C=O) groups excluding carboxylic acids is 1. The van der Waals surface area contributed by atoms with Gasteiger partial charge in [0.25, 0.3) is 5.91 Å². The zero-order valence-corrected chi connectivity index (χ0v) is 13.0. The van der Waals surface area contributed by atoms with E-state index < -0.39 is 5.97 Å². The molecule has 1 aromatic rings. The molecule has 102 valence electrons. The van der Waals surface area contributed by atoms with E-state index in [9.17, 15) is 9.59 Å². The minimum Gasteiger partial charge on any atom is -0.481 e. The van der Waals surface area contributed by atoms with E-state index >= 15 is 0 Å². The van der Waals surface area contributed by atoms with E-state index in [1.807, 2.05) is 0 Å². The van der Waals surface area contributed by atoms with Gasteiger partial charge in [-0.15, -0.1) is 0 Å². The highest BCUT2D eigenvalue weighted by molar-refractivity contribution is 14.1. The van der Waals surface area contributed by atoms with Crippen LogP contribution in [0.1, 0.15) is 29.6 Å². The van der Waals surface area contributed by atoms with Gasteiger partial charge >= 0.3 is 5.97 Å². The Balaban J connectivity index is 2.14. The number of carboxylic acids is 1. The average molecular weight is 394 g/mol. The SMILES string of the molecule is O=C(O)CCN(C(=O)c1ccc(I)c(Cl)c1)C1CC1. The van der Waals surface area contributed by atoms with Crippen molar-refractivity contribution in [2.75, 3.05) is 6.54 Å². The lowest BCUT2D eigenvalue weighted by atomic mass is 10.2. The average Bonchev–Trinajstić information content (AvgIpc) is 3.16. The van der Waals surface area contributed by atoms with Crippen LogP contribution >= 0.6 is 34.2 Å². The molecule has 4 nitrogen and oxygen atoms in total. The Morgan fingerprint density at radius 1 is 1.42 bits per heavy atom. The molecule has 1 fully saturated rings. The third kappa shape index (κ3) is 3.82. The van der Waals surface area contributed by atoms with Crippen LogP contribution in [0.4, 0.5) is 0 Å². The van der Waals surface area contributed by atoms with Crippen molar-refractivity contribution < 1.29 is 14.7 Å². The smallest absolute Gasteiger partial charge is 0.305 e. The van der Waals surface area contributed by atoms with Gasteiger partial charge in [0.05, 0.1) is 11.4 Å². The molecule has 0 unspecified atom stereocenters. The number of carboxylic acid groups (broad SMARTS) is 1. The minimum atomic E-state index is -0.890. The summed E-state index contributed by atoms with van der Waals surface area (Å²) in [7, 11) is 0. The fourth-order valence-corrected chi connectivity index (χ4v) is 2.36.